The Morgan fingerprint density at radius 3 is 3.10 bits per heavy atom. The van der Waals surface area contributed by atoms with Crippen molar-refractivity contribution in [2.75, 3.05) is 6.54 Å². The second kappa shape index (κ2) is 3.55. The van der Waals surface area contributed by atoms with Gasteiger partial charge in [0.2, 0.25) is 0 Å². The minimum atomic E-state index is -0.465. The highest BCUT2D eigenvalue weighted by molar-refractivity contribution is 4.87. The summed E-state index contributed by atoms with van der Waals surface area (Å²) in [6, 6.07) is 2.12. The van der Waals surface area contributed by atoms with Gasteiger partial charge in [-0.1, -0.05) is 0 Å². The van der Waals surface area contributed by atoms with Crippen LogP contribution in [-0.2, 0) is 0 Å². The smallest absolute Gasteiger partial charge is 0.0822 e. The van der Waals surface area contributed by atoms with E-state index in [9.17, 15) is 5.11 Å². The number of aliphatic hydroxyl groups excluding tert-OH is 1. The predicted molar refractivity (Wildman–Crippen MR) is 37.3 cm³/mol. The normalized spacial score (nSPS) is 27.8. The Morgan fingerprint density at radius 2 is 2.60 bits per heavy atom. The van der Waals surface area contributed by atoms with Crippen LogP contribution in [0.1, 0.15) is 19.3 Å². The molecule has 56 valence electrons. The molecule has 0 spiro atoms. The number of rotatable bonds is 2. The summed E-state index contributed by atoms with van der Waals surface area (Å²) < 4.78 is 0. The zero-order valence-corrected chi connectivity index (χ0v) is 5.88. The van der Waals surface area contributed by atoms with Gasteiger partial charge in [0.25, 0.3) is 0 Å². The van der Waals surface area contributed by atoms with Gasteiger partial charge in [0.1, 0.15) is 0 Å². The van der Waals surface area contributed by atoms with Crippen LogP contribution in [0.4, 0.5) is 0 Å². The molecule has 1 aliphatic heterocycles. The minimum absolute atomic E-state index is 0.166. The van der Waals surface area contributed by atoms with E-state index in [1.807, 2.05) is 6.07 Å². The molecule has 0 aromatic rings. The van der Waals surface area contributed by atoms with Crippen molar-refractivity contribution in [1.29, 1.82) is 5.26 Å². The van der Waals surface area contributed by atoms with Crippen LogP contribution < -0.4 is 5.32 Å². The average molecular weight is 140 g/mol. The number of hydrogen-bond donors (Lipinski definition) is 2. The number of nitriles is 1. The first-order chi connectivity index (χ1) is 4.84. The largest absolute Gasteiger partial charge is 0.390 e. The molecule has 0 aliphatic carbocycles. The lowest BCUT2D eigenvalue weighted by molar-refractivity contribution is 0.140. The fourth-order valence-electron chi connectivity index (χ4n) is 1.28. The molecule has 0 amide bonds. The SMILES string of the molecule is N#CC[C@@H](O)[C@@H]1CCCN1. The first-order valence-electron chi connectivity index (χ1n) is 3.63. The standard InChI is InChI=1S/C7H12N2O/c8-4-3-7(10)6-2-1-5-9-6/h6-7,9-10H,1-3,5H2/t6-,7+/m0/s1. The van der Waals surface area contributed by atoms with Gasteiger partial charge in [-0.3, -0.25) is 0 Å². The topological polar surface area (TPSA) is 56.0 Å². The monoisotopic (exact) mass is 140 g/mol. The van der Waals surface area contributed by atoms with E-state index in [1.165, 1.54) is 0 Å². The molecule has 0 aromatic carbocycles. The van der Waals surface area contributed by atoms with Crippen LogP contribution in [0.2, 0.25) is 0 Å². The highest BCUT2D eigenvalue weighted by Crippen LogP contribution is 2.10. The summed E-state index contributed by atoms with van der Waals surface area (Å²) in [5.41, 5.74) is 0. The molecule has 0 saturated carbocycles. The van der Waals surface area contributed by atoms with Crippen LogP contribution in [0.15, 0.2) is 0 Å². The highest BCUT2D eigenvalue weighted by Gasteiger charge is 2.21. The first-order valence-corrected chi connectivity index (χ1v) is 3.63. The Labute approximate surface area is 60.7 Å². The second-order valence-electron chi connectivity index (χ2n) is 2.63. The fourth-order valence-corrected chi connectivity index (χ4v) is 1.28. The molecule has 0 unspecified atom stereocenters. The predicted octanol–water partition coefficient (Wildman–Crippen LogP) is 0.0130. The van der Waals surface area contributed by atoms with Crippen molar-refractivity contribution in [3.63, 3.8) is 0 Å². The molecule has 3 nitrogen and oxygen atoms in total. The number of aliphatic hydroxyl groups is 1. The summed E-state index contributed by atoms with van der Waals surface area (Å²) in [6.45, 7) is 0.979. The molecule has 0 bridgehead atoms. The molecular formula is C7H12N2O. The van der Waals surface area contributed by atoms with Crippen molar-refractivity contribution >= 4 is 0 Å². The maximum Gasteiger partial charge on any atom is 0.0822 e. The van der Waals surface area contributed by atoms with Gasteiger partial charge in [-0.05, 0) is 19.4 Å². The van der Waals surface area contributed by atoms with Crippen molar-refractivity contribution in [3.05, 3.63) is 0 Å². The van der Waals surface area contributed by atoms with E-state index in [0.29, 0.717) is 0 Å². The first kappa shape index (κ1) is 7.52. The van der Waals surface area contributed by atoms with Crippen LogP contribution in [0.3, 0.4) is 0 Å². The summed E-state index contributed by atoms with van der Waals surface area (Å²) in [5.74, 6) is 0. The molecule has 10 heavy (non-hydrogen) atoms. The molecule has 2 atom stereocenters. The van der Waals surface area contributed by atoms with Gasteiger partial charge < -0.3 is 10.4 Å². The Morgan fingerprint density at radius 1 is 1.80 bits per heavy atom. The Kier molecular flexibility index (Phi) is 2.67. The lowest BCUT2D eigenvalue weighted by Gasteiger charge is -2.14. The van der Waals surface area contributed by atoms with Crippen molar-refractivity contribution in [2.45, 2.75) is 31.4 Å². The molecule has 3 heteroatoms. The third-order valence-electron chi connectivity index (χ3n) is 1.86. The molecule has 1 heterocycles. The van der Waals surface area contributed by atoms with E-state index in [2.05, 4.69) is 5.32 Å². The van der Waals surface area contributed by atoms with Crippen LogP contribution in [0, 0.1) is 11.3 Å². The van der Waals surface area contributed by atoms with E-state index in [4.69, 9.17) is 5.26 Å². The van der Waals surface area contributed by atoms with Crippen LogP contribution >= 0.6 is 0 Å². The van der Waals surface area contributed by atoms with E-state index in [1.54, 1.807) is 0 Å². The van der Waals surface area contributed by atoms with Gasteiger partial charge in [0.05, 0.1) is 18.6 Å². The van der Waals surface area contributed by atoms with E-state index >= 15 is 0 Å². The van der Waals surface area contributed by atoms with Crippen molar-refractivity contribution in [3.8, 4) is 6.07 Å². The summed E-state index contributed by atoms with van der Waals surface area (Å²) in [5, 5.41) is 20.7. The average Bonchev–Trinajstić information content (AvgIpc) is 2.38. The van der Waals surface area contributed by atoms with Gasteiger partial charge in [0.15, 0.2) is 0 Å². The van der Waals surface area contributed by atoms with Crippen LogP contribution in [-0.4, -0.2) is 23.8 Å². The quantitative estimate of drug-likeness (QED) is 0.568. The lowest BCUT2D eigenvalue weighted by Crippen LogP contribution is -2.34. The van der Waals surface area contributed by atoms with Crippen LogP contribution in [0.25, 0.3) is 0 Å². The molecule has 1 rings (SSSR count). The maximum absolute atomic E-state index is 9.26. The second-order valence-corrected chi connectivity index (χ2v) is 2.63. The number of hydrogen-bond acceptors (Lipinski definition) is 3. The fraction of sp³-hybridized carbons (Fsp3) is 0.857. The van der Waals surface area contributed by atoms with E-state index in [-0.39, 0.29) is 12.5 Å². The summed E-state index contributed by atoms with van der Waals surface area (Å²) in [4.78, 5) is 0. The molecule has 1 fully saturated rings. The van der Waals surface area contributed by atoms with Crippen molar-refractivity contribution in [1.82, 2.24) is 5.32 Å². The third kappa shape index (κ3) is 1.69. The van der Waals surface area contributed by atoms with Gasteiger partial charge in [0, 0.05) is 6.04 Å². The van der Waals surface area contributed by atoms with Crippen LogP contribution in [0.5, 0.6) is 0 Å². The Balaban J connectivity index is 2.26. The number of nitrogens with one attached hydrogen (secondary N) is 1. The Hall–Kier alpha value is -0.590. The Bertz CT molecular complexity index is 135. The number of nitrogens with zero attached hydrogens (tertiary/aromatic N) is 1. The zero-order chi connectivity index (χ0) is 7.40. The minimum Gasteiger partial charge on any atom is -0.390 e. The zero-order valence-electron chi connectivity index (χ0n) is 5.88. The molecule has 0 radical (unpaired) electrons. The summed E-state index contributed by atoms with van der Waals surface area (Å²) in [7, 11) is 0. The van der Waals surface area contributed by atoms with Crippen molar-refractivity contribution < 1.29 is 5.11 Å². The maximum atomic E-state index is 9.26. The summed E-state index contributed by atoms with van der Waals surface area (Å²) in [6.07, 6.45) is 1.90. The van der Waals surface area contributed by atoms with Gasteiger partial charge in [-0.25, -0.2) is 0 Å². The van der Waals surface area contributed by atoms with Gasteiger partial charge >= 0.3 is 0 Å². The molecule has 0 aromatic heterocycles. The molecule has 1 aliphatic rings. The molecule has 2 N–H and O–H groups in total. The van der Waals surface area contributed by atoms with Gasteiger partial charge in [-0.2, -0.15) is 5.26 Å². The van der Waals surface area contributed by atoms with E-state index < -0.39 is 6.10 Å². The summed E-state index contributed by atoms with van der Waals surface area (Å²) >= 11 is 0. The highest BCUT2D eigenvalue weighted by atomic mass is 16.3. The molecular weight excluding hydrogens is 128 g/mol. The molecule has 1 saturated heterocycles. The lowest BCUT2D eigenvalue weighted by atomic mass is 10.1. The third-order valence-corrected chi connectivity index (χ3v) is 1.86. The van der Waals surface area contributed by atoms with E-state index in [0.717, 1.165) is 19.4 Å². The van der Waals surface area contributed by atoms with Gasteiger partial charge in [-0.15, -0.1) is 0 Å². The van der Waals surface area contributed by atoms with Crippen molar-refractivity contribution in [2.24, 2.45) is 0 Å².